The van der Waals surface area contributed by atoms with Crippen molar-refractivity contribution in [3.8, 4) is 0 Å². The molecule has 0 aromatic heterocycles. The second-order valence-corrected chi connectivity index (χ2v) is 6.56. The average Bonchev–Trinajstić information content (AvgIpc) is 2.57. The Morgan fingerprint density at radius 3 is 2.16 bits per heavy atom. The Balaban J connectivity index is 1.91. The molecule has 0 bridgehead atoms. The molecule has 0 aliphatic carbocycles. The van der Waals surface area contributed by atoms with Crippen LogP contribution in [0.1, 0.15) is 19.4 Å². The van der Waals surface area contributed by atoms with Crippen molar-refractivity contribution in [2.24, 2.45) is 0 Å². The SMILES string of the molecule is CCN(CC(=O)Nc1ccc(NC(C)=O)cc1)Cc1ccccc1Br. The summed E-state index contributed by atoms with van der Waals surface area (Å²) in [5.41, 5.74) is 2.56. The van der Waals surface area contributed by atoms with Crippen molar-refractivity contribution < 1.29 is 9.59 Å². The summed E-state index contributed by atoms with van der Waals surface area (Å²) < 4.78 is 1.04. The molecular formula is C19H22BrN3O2. The van der Waals surface area contributed by atoms with Crippen molar-refractivity contribution in [2.45, 2.75) is 20.4 Å². The van der Waals surface area contributed by atoms with Gasteiger partial charge in [0.05, 0.1) is 6.54 Å². The van der Waals surface area contributed by atoms with Gasteiger partial charge in [0.15, 0.2) is 0 Å². The fourth-order valence-electron chi connectivity index (χ4n) is 2.39. The van der Waals surface area contributed by atoms with E-state index >= 15 is 0 Å². The summed E-state index contributed by atoms with van der Waals surface area (Å²) in [7, 11) is 0. The molecule has 2 aromatic carbocycles. The first-order chi connectivity index (χ1) is 12.0. The lowest BCUT2D eigenvalue weighted by Gasteiger charge is -2.20. The van der Waals surface area contributed by atoms with Gasteiger partial charge in [-0.1, -0.05) is 41.1 Å². The molecule has 6 heteroatoms. The van der Waals surface area contributed by atoms with Crippen LogP contribution in [0.15, 0.2) is 53.0 Å². The van der Waals surface area contributed by atoms with Gasteiger partial charge >= 0.3 is 0 Å². The Morgan fingerprint density at radius 1 is 1.00 bits per heavy atom. The Kier molecular flexibility index (Phi) is 7.16. The molecule has 0 heterocycles. The zero-order valence-electron chi connectivity index (χ0n) is 14.4. The first-order valence-electron chi connectivity index (χ1n) is 8.11. The highest BCUT2D eigenvalue weighted by molar-refractivity contribution is 9.10. The maximum atomic E-state index is 12.3. The van der Waals surface area contributed by atoms with E-state index in [1.54, 1.807) is 24.3 Å². The first kappa shape index (κ1) is 19.1. The highest BCUT2D eigenvalue weighted by Crippen LogP contribution is 2.18. The normalized spacial score (nSPS) is 10.6. The molecule has 5 nitrogen and oxygen atoms in total. The largest absolute Gasteiger partial charge is 0.326 e. The number of hydrogen-bond donors (Lipinski definition) is 2. The van der Waals surface area contributed by atoms with Gasteiger partial charge in [0.25, 0.3) is 0 Å². The van der Waals surface area contributed by atoms with Crippen molar-refractivity contribution in [1.82, 2.24) is 4.90 Å². The quantitative estimate of drug-likeness (QED) is 0.737. The highest BCUT2D eigenvalue weighted by atomic mass is 79.9. The third-order valence-corrected chi connectivity index (χ3v) is 4.43. The summed E-state index contributed by atoms with van der Waals surface area (Å²) in [4.78, 5) is 25.4. The molecule has 2 N–H and O–H groups in total. The van der Waals surface area contributed by atoms with Crippen molar-refractivity contribution in [3.63, 3.8) is 0 Å². The lowest BCUT2D eigenvalue weighted by atomic mass is 10.2. The molecule has 0 aliphatic heterocycles. The van der Waals surface area contributed by atoms with E-state index in [2.05, 4.69) is 31.5 Å². The lowest BCUT2D eigenvalue weighted by Crippen LogP contribution is -2.32. The zero-order valence-corrected chi connectivity index (χ0v) is 16.0. The third kappa shape index (κ3) is 6.32. The monoisotopic (exact) mass is 403 g/mol. The fraction of sp³-hybridized carbons (Fsp3) is 0.263. The molecule has 0 atom stereocenters. The van der Waals surface area contributed by atoms with Crippen molar-refractivity contribution in [1.29, 1.82) is 0 Å². The Morgan fingerprint density at radius 2 is 1.60 bits per heavy atom. The van der Waals surface area contributed by atoms with E-state index in [-0.39, 0.29) is 11.8 Å². The van der Waals surface area contributed by atoms with Gasteiger partial charge in [-0.15, -0.1) is 0 Å². The Bertz CT molecular complexity index is 732. The molecule has 0 aliphatic rings. The van der Waals surface area contributed by atoms with Crippen LogP contribution in [0.3, 0.4) is 0 Å². The van der Waals surface area contributed by atoms with E-state index in [1.165, 1.54) is 6.92 Å². The average molecular weight is 404 g/mol. The predicted molar refractivity (Wildman–Crippen MR) is 104 cm³/mol. The molecular weight excluding hydrogens is 382 g/mol. The number of halogens is 1. The smallest absolute Gasteiger partial charge is 0.238 e. The van der Waals surface area contributed by atoms with Gasteiger partial charge < -0.3 is 10.6 Å². The van der Waals surface area contributed by atoms with Crippen LogP contribution in [0.4, 0.5) is 11.4 Å². The first-order valence-corrected chi connectivity index (χ1v) is 8.90. The molecule has 2 aromatic rings. The second-order valence-electron chi connectivity index (χ2n) is 5.70. The maximum Gasteiger partial charge on any atom is 0.238 e. The standard InChI is InChI=1S/C19H22BrN3O2/c1-3-23(12-15-6-4-5-7-18(15)20)13-19(25)22-17-10-8-16(9-11-17)21-14(2)24/h4-11H,3,12-13H2,1-2H3,(H,21,24)(H,22,25). The van der Waals surface area contributed by atoms with E-state index in [0.717, 1.165) is 16.6 Å². The molecule has 0 unspecified atom stereocenters. The number of nitrogens with zero attached hydrogens (tertiary/aromatic N) is 1. The van der Waals surface area contributed by atoms with Gasteiger partial charge in [-0.05, 0) is 42.4 Å². The summed E-state index contributed by atoms with van der Waals surface area (Å²) in [5.74, 6) is -0.191. The number of benzene rings is 2. The highest BCUT2D eigenvalue weighted by Gasteiger charge is 2.11. The van der Waals surface area contributed by atoms with E-state index in [4.69, 9.17) is 0 Å². The molecule has 0 saturated carbocycles. The molecule has 25 heavy (non-hydrogen) atoms. The minimum Gasteiger partial charge on any atom is -0.326 e. The summed E-state index contributed by atoms with van der Waals surface area (Å²) in [5, 5.41) is 5.58. The van der Waals surface area contributed by atoms with Crippen molar-refractivity contribution >= 4 is 39.1 Å². The van der Waals surface area contributed by atoms with E-state index in [0.29, 0.717) is 24.5 Å². The zero-order chi connectivity index (χ0) is 18.2. The second kappa shape index (κ2) is 9.34. The number of rotatable bonds is 7. The molecule has 0 radical (unpaired) electrons. The van der Waals surface area contributed by atoms with Crippen LogP contribution in [0.5, 0.6) is 0 Å². The topological polar surface area (TPSA) is 61.4 Å². The van der Waals surface area contributed by atoms with Crippen LogP contribution in [0, 0.1) is 0 Å². The number of nitrogens with one attached hydrogen (secondary N) is 2. The summed E-state index contributed by atoms with van der Waals surface area (Å²) in [6.07, 6.45) is 0. The fourth-order valence-corrected chi connectivity index (χ4v) is 2.80. The number of hydrogen-bond acceptors (Lipinski definition) is 3. The number of amides is 2. The minimum absolute atomic E-state index is 0.0684. The van der Waals surface area contributed by atoms with Crippen LogP contribution in [0.2, 0.25) is 0 Å². The summed E-state index contributed by atoms with van der Waals surface area (Å²) in [6.45, 7) is 5.28. The molecule has 2 rings (SSSR count). The van der Waals surface area contributed by atoms with Gasteiger partial charge in [-0.25, -0.2) is 0 Å². The van der Waals surface area contributed by atoms with Gasteiger partial charge in [-0.3, -0.25) is 14.5 Å². The van der Waals surface area contributed by atoms with Gasteiger partial charge in [-0.2, -0.15) is 0 Å². The van der Waals surface area contributed by atoms with Crippen LogP contribution in [-0.2, 0) is 16.1 Å². The van der Waals surface area contributed by atoms with Crippen molar-refractivity contribution in [2.75, 3.05) is 23.7 Å². The molecule has 2 amide bonds. The summed E-state index contributed by atoms with van der Waals surface area (Å²) in [6, 6.07) is 15.1. The van der Waals surface area contributed by atoms with Crippen LogP contribution < -0.4 is 10.6 Å². The maximum absolute atomic E-state index is 12.3. The number of anilines is 2. The Hall–Kier alpha value is -2.18. The van der Waals surface area contributed by atoms with Crippen molar-refractivity contribution in [3.05, 3.63) is 58.6 Å². The molecule has 0 saturated heterocycles. The summed E-state index contributed by atoms with van der Waals surface area (Å²) >= 11 is 3.54. The third-order valence-electron chi connectivity index (χ3n) is 3.66. The van der Waals surface area contributed by atoms with Crippen LogP contribution >= 0.6 is 15.9 Å². The van der Waals surface area contributed by atoms with Gasteiger partial charge in [0, 0.05) is 29.3 Å². The number of carbonyl (C=O) groups excluding carboxylic acids is 2. The lowest BCUT2D eigenvalue weighted by molar-refractivity contribution is -0.117. The molecule has 0 spiro atoms. The van der Waals surface area contributed by atoms with Crippen LogP contribution in [0.25, 0.3) is 0 Å². The molecule has 0 fully saturated rings. The Labute approximate surface area is 156 Å². The van der Waals surface area contributed by atoms with Gasteiger partial charge in [0.1, 0.15) is 0 Å². The van der Waals surface area contributed by atoms with E-state index in [9.17, 15) is 9.59 Å². The van der Waals surface area contributed by atoms with Gasteiger partial charge in [0.2, 0.25) is 11.8 Å². The van der Waals surface area contributed by atoms with E-state index in [1.807, 2.05) is 31.2 Å². The molecule has 132 valence electrons. The number of likely N-dealkylation sites (N-methyl/N-ethyl adjacent to an activating group) is 1. The predicted octanol–water partition coefficient (Wildman–Crippen LogP) is 3.87. The van der Waals surface area contributed by atoms with E-state index < -0.39 is 0 Å². The number of carbonyl (C=O) groups is 2. The minimum atomic E-state index is -0.123. The van der Waals surface area contributed by atoms with Crippen LogP contribution in [-0.4, -0.2) is 29.8 Å².